The van der Waals surface area contributed by atoms with E-state index in [-0.39, 0.29) is 11.5 Å². The number of ketones is 1. The average molecular weight is 216 g/mol. The zero-order chi connectivity index (χ0) is 11.1. The van der Waals surface area contributed by atoms with Crippen molar-refractivity contribution in [1.29, 1.82) is 5.26 Å². The van der Waals surface area contributed by atoms with Gasteiger partial charge >= 0.3 is 5.97 Å². The molecule has 0 fully saturated rings. The molecule has 2 unspecified atom stereocenters. The van der Waals surface area contributed by atoms with Crippen LogP contribution in [0.2, 0.25) is 0 Å². The lowest BCUT2D eigenvalue weighted by Gasteiger charge is -2.09. The summed E-state index contributed by atoms with van der Waals surface area (Å²) >= 11 is 1.01. The summed E-state index contributed by atoms with van der Waals surface area (Å²) in [5, 5.41) is 7.67. The van der Waals surface area contributed by atoms with E-state index in [9.17, 15) is 9.59 Å². The van der Waals surface area contributed by atoms with E-state index in [0.29, 0.717) is 0 Å². The third kappa shape index (κ3) is 4.25. The first kappa shape index (κ1) is 12.9. The molecule has 14 heavy (non-hydrogen) atoms. The molecule has 0 aliphatic heterocycles. The summed E-state index contributed by atoms with van der Waals surface area (Å²) < 4.78 is 4.39. The molecule has 0 aromatic carbocycles. The van der Waals surface area contributed by atoms with Crippen molar-refractivity contribution in [3.8, 4) is 6.07 Å². The number of ether oxygens (including phenoxy) is 1. The molecule has 0 aromatic rings. The van der Waals surface area contributed by atoms with Crippen molar-refractivity contribution in [3.05, 3.63) is 0 Å². The van der Waals surface area contributed by atoms with Gasteiger partial charge in [-0.1, -0.05) is 0 Å². The zero-order valence-corrected chi connectivity index (χ0v) is 8.84. The molecule has 0 aromatic heterocycles. The number of carbonyl (C=O) groups excluding carboxylic acids is 2. The lowest BCUT2D eigenvalue weighted by molar-refractivity contribution is -0.138. The van der Waals surface area contributed by atoms with Gasteiger partial charge in [0.05, 0.1) is 19.2 Å². The van der Waals surface area contributed by atoms with Gasteiger partial charge in [-0.05, 0) is 6.92 Å². The largest absolute Gasteiger partial charge is 0.467 e. The van der Waals surface area contributed by atoms with Crippen molar-refractivity contribution in [2.75, 3.05) is 12.9 Å². The van der Waals surface area contributed by atoms with E-state index in [0.717, 1.165) is 11.8 Å². The standard InChI is InChI=1S/C8H12N2O3S/c1-5(11)6(10)4-14-7(3-9)8(12)13-2/h6-7H,4,10H2,1-2H3. The number of nitrogens with zero attached hydrogens (tertiary/aromatic N) is 1. The Morgan fingerprint density at radius 2 is 2.21 bits per heavy atom. The van der Waals surface area contributed by atoms with E-state index in [1.165, 1.54) is 14.0 Å². The maximum Gasteiger partial charge on any atom is 0.333 e. The number of carbonyl (C=O) groups is 2. The van der Waals surface area contributed by atoms with Gasteiger partial charge in [0.2, 0.25) is 0 Å². The molecule has 0 heterocycles. The minimum absolute atomic E-state index is 0.168. The van der Waals surface area contributed by atoms with E-state index in [2.05, 4.69) is 4.74 Å². The molecule has 0 saturated heterocycles. The number of nitriles is 1. The molecule has 78 valence electrons. The maximum atomic E-state index is 10.9. The van der Waals surface area contributed by atoms with Crippen LogP contribution in [0.15, 0.2) is 0 Å². The predicted molar refractivity (Wildman–Crippen MR) is 52.5 cm³/mol. The fourth-order valence-electron chi connectivity index (χ4n) is 0.582. The van der Waals surface area contributed by atoms with E-state index in [4.69, 9.17) is 11.0 Å². The third-order valence-electron chi connectivity index (χ3n) is 1.50. The molecule has 0 spiro atoms. The summed E-state index contributed by atoms with van der Waals surface area (Å²) in [5.74, 6) is -0.546. The van der Waals surface area contributed by atoms with Crippen molar-refractivity contribution < 1.29 is 14.3 Å². The molecule has 0 bridgehead atoms. The number of thioether (sulfide) groups is 1. The minimum Gasteiger partial charge on any atom is -0.467 e. The second-order valence-corrected chi connectivity index (χ2v) is 3.72. The molecule has 5 nitrogen and oxygen atoms in total. The van der Waals surface area contributed by atoms with E-state index < -0.39 is 17.3 Å². The third-order valence-corrected chi connectivity index (χ3v) is 2.68. The van der Waals surface area contributed by atoms with Crippen LogP contribution in [-0.2, 0) is 14.3 Å². The molecule has 6 heteroatoms. The number of nitrogens with two attached hydrogens (primary N) is 1. The lowest BCUT2D eigenvalue weighted by Crippen LogP contribution is -2.32. The SMILES string of the molecule is COC(=O)C(C#N)SCC(N)C(C)=O. The summed E-state index contributed by atoms with van der Waals surface area (Å²) in [6, 6.07) is 1.13. The molecular weight excluding hydrogens is 204 g/mol. The summed E-state index contributed by atoms with van der Waals surface area (Å²) in [6.45, 7) is 1.37. The van der Waals surface area contributed by atoms with Gasteiger partial charge in [-0.2, -0.15) is 5.26 Å². The summed E-state index contributed by atoms with van der Waals surface area (Å²) in [4.78, 5) is 21.7. The number of methoxy groups -OCH3 is 1. The Kier molecular flexibility index (Phi) is 5.92. The van der Waals surface area contributed by atoms with E-state index in [1.54, 1.807) is 6.07 Å². The number of hydrogen-bond donors (Lipinski definition) is 1. The Balaban J connectivity index is 4.04. The predicted octanol–water partition coefficient (Wildman–Crippen LogP) is -0.299. The molecule has 2 N–H and O–H groups in total. The van der Waals surface area contributed by atoms with Crippen molar-refractivity contribution >= 4 is 23.5 Å². The molecule has 0 saturated carbocycles. The van der Waals surface area contributed by atoms with Gasteiger partial charge < -0.3 is 10.5 Å². The normalized spacial score (nSPS) is 13.9. The van der Waals surface area contributed by atoms with E-state index >= 15 is 0 Å². The summed E-state index contributed by atoms with van der Waals surface area (Å²) in [5.41, 5.74) is 5.43. The van der Waals surface area contributed by atoms with Crippen molar-refractivity contribution in [2.45, 2.75) is 18.2 Å². The van der Waals surface area contributed by atoms with Crippen molar-refractivity contribution in [2.24, 2.45) is 5.73 Å². The number of esters is 1. The lowest BCUT2D eigenvalue weighted by atomic mass is 10.3. The molecule has 0 amide bonds. The highest BCUT2D eigenvalue weighted by atomic mass is 32.2. The van der Waals surface area contributed by atoms with Crippen LogP contribution in [-0.4, -0.2) is 35.9 Å². The van der Waals surface area contributed by atoms with Crippen LogP contribution in [0.1, 0.15) is 6.92 Å². The van der Waals surface area contributed by atoms with Gasteiger partial charge in [-0.3, -0.25) is 4.79 Å². The second kappa shape index (κ2) is 6.40. The van der Waals surface area contributed by atoms with Gasteiger partial charge in [0.1, 0.15) is 5.78 Å². The molecular formula is C8H12N2O3S. The average Bonchev–Trinajstić information content (AvgIpc) is 2.17. The monoisotopic (exact) mass is 216 g/mol. The van der Waals surface area contributed by atoms with Gasteiger partial charge in [0, 0.05) is 5.75 Å². The summed E-state index contributed by atoms with van der Waals surface area (Å²) in [7, 11) is 1.21. The second-order valence-electron chi connectivity index (χ2n) is 2.58. The number of rotatable bonds is 5. The summed E-state index contributed by atoms with van der Waals surface area (Å²) in [6.07, 6.45) is 0. The van der Waals surface area contributed by atoms with Crippen molar-refractivity contribution in [3.63, 3.8) is 0 Å². The van der Waals surface area contributed by atoms with Crippen LogP contribution >= 0.6 is 11.8 Å². The number of hydrogen-bond acceptors (Lipinski definition) is 6. The van der Waals surface area contributed by atoms with Gasteiger partial charge in [0.15, 0.2) is 5.25 Å². The minimum atomic E-state index is -0.912. The Hall–Kier alpha value is -1.06. The highest BCUT2D eigenvalue weighted by molar-refractivity contribution is 8.00. The fourth-order valence-corrected chi connectivity index (χ4v) is 1.52. The Labute approximate surface area is 86.6 Å². The molecule has 0 aliphatic rings. The first-order valence-corrected chi connectivity index (χ1v) is 4.92. The van der Waals surface area contributed by atoms with Crippen LogP contribution in [0.4, 0.5) is 0 Å². The Morgan fingerprint density at radius 3 is 2.57 bits per heavy atom. The van der Waals surface area contributed by atoms with E-state index in [1.807, 2.05) is 0 Å². The quantitative estimate of drug-likeness (QED) is 0.634. The highest BCUT2D eigenvalue weighted by Crippen LogP contribution is 2.12. The molecule has 2 atom stereocenters. The van der Waals surface area contributed by atoms with Crippen molar-refractivity contribution in [1.82, 2.24) is 0 Å². The Bertz CT molecular complexity index is 262. The van der Waals surface area contributed by atoms with Crippen LogP contribution in [0.5, 0.6) is 0 Å². The molecule has 0 aliphatic carbocycles. The highest BCUT2D eigenvalue weighted by Gasteiger charge is 2.20. The maximum absolute atomic E-state index is 10.9. The smallest absolute Gasteiger partial charge is 0.333 e. The van der Waals surface area contributed by atoms with Crippen LogP contribution < -0.4 is 5.73 Å². The number of Topliss-reactive ketones (excluding diaryl/α,β-unsaturated/α-hetero) is 1. The first-order valence-electron chi connectivity index (χ1n) is 3.88. The van der Waals surface area contributed by atoms with Gasteiger partial charge in [-0.25, -0.2) is 4.79 Å². The van der Waals surface area contributed by atoms with Gasteiger partial charge in [-0.15, -0.1) is 11.8 Å². The van der Waals surface area contributed by atoms with Crippen LogP contribution in [0.3, 0.4) is 0 Å². The fraction of sp³-hybridized carbons (Fsp3) is 0.625. The molecule has 0 rings (SSSR count). The zero-order valence-electron chi connectivity index (χ0n) is 8.02. The molecule has 0 radical (unpaired) electrons. The Morgan fingerprint density at radius 1 is 1.64 bits per heavy atom. The van der Waals surface area contributed by atoms with Crippen LogP contribution in [0.25, 0.3) is 0 Å². The topological polar surface area (TPSA) is 93.2 Å². The van der Waals surface area contributed by atoms with Gasteiger partial charge in [0.25, 0.3) is 0 Å². The van der Waals surface area contributed by atoms with Crippen LogP contribution in [0, 0.1) is 11.3 Å². The first-order chi connectivity index (χ1) is 6.52.